The van der Waals surface area contributed by atoms with E-state index in [1.54, 1.807) is 48.0 Å². The number of alkyl halides is 3. The molecule has 1 N–H and O–H groups in total. The fourth-order valence-electron chi connectivity index (χ4n) is 2.80. The topological polar surface area (TPSA) is 72.5 Å². The van der Waals surface area contributed by atoms with Gasteiger partial charge < -0.3 is 4.74 Å². The molecule has 1 amide bonds. The molecule has 0 saturated carbocycles. The summed E-state index contributed by atoms with van der Waals surface area (Å²) in [6.45, 7) is 1.82. The molecule has 0 aliphatic carbocycles. The summed E-state index contributed by atoms with van der Waals surface area (Å²) in [5.41, 5.74) is 0.243. The molecule has 168 valence electrons. The minimum absolute atomic E-state index is 0.0602. The summed E-state index contributed by atoms with van der Waals surface area (Å²) in [4.78, 5) is 12.0. The predicted octanol–water partition coefficient (Wildman–Crippen LogP) is 5.36. The van der Waals surface area contributed by atoms with Crippen molar-refractivity contribution in [3.8, 4) is 5.75 Å². The maximum atomic E-state index is 12.9. The maximum absolute atomic E-state index is 12.9. The molecule has 0 atom stereocenters. The predicted molar refractivity (Wildman–Crippen MR) is 113 cm³/mol. The van der Waals surface area contributed by atoms with E-state index in [2.05, 4.69) is 0 Å². The Hall–Kier alpha value is -3.04. The van der Waals surface area contributed by atoms with Crippen LogP contribution in [0.15, 0.2) is 71.6 Å². The summed E-state index contributed by atoms with van der Waals surface area (Å²) >= 11 is 5.95. The van der Waals surface area contributed by atoms with Gasteiger partial charge in [-0.3, -0.25) is 4.79 Å². The van der Waals surface area contributed by atoms with E-state index in [-0.39, 0.29) is 17.9 Å². The molecule has 0 unspecified atom stereocenters. The van der Waals surface area contributed by atoms with Gasteiger partial charge in [0.1, 0.15) is 12.4 Å². The monoisotopic (exact) mass is 483 g/mol. The van der Waals surface area contributed by atoms with Crippen molar-refractivity contribution in [2.75, 3.05) is 0 Å². The van der Waals surface area contributed by atoms with Gasteiger partial charge in [-0.05, 0) is 60.5 Å². The summed E-state index contributed by atoms with van der Waals surface area (Å²) in [6.07, 6.45) is -4.73. The van der Waals surface area contributed by atoms with Gasteiger partial charge in [0.2, 0.25) is 0 Å². The molecule has 0 spiro atoms. The van der Waals surface area contributed by atoms with E-state index < -0.39 is 32.6 Å². The van der Waals surface area contributed by atoms with E-state index in [4.69, 9.17) is 16.3 Å². The molecular weight excluding hydrogens is 467 g/mol. The average Bonchev–Trinajstić information content (AvgIpc) is 2.71. The van der Waals surface area contributed by atoms with Gasteiger partial charge in [0.15, 0.2) is 0 Å². The Morgan fingerprint density at radius 2 is 1.75 bits per heavy atom. The SMILES string of the molecule is Cc1ccc(C(=O)NS(=O)(=O)c2cccc(C(F)(F)F)c2)c(OCc2cccc(Cl)c2)c1. The highest BCUT2D eigenvalue weighted by Gasteiger charge is 2.32. The first-order valence-corrected chi connectivity index (χ1v) is 11.0. The molecule has 0 bridgehead atoms. The number of ether oxygens (including phenoxy) is 1. The molecule has 0 saturated heterocycles. The second kappa shape index (κ2) is 9.22. The molecule has 3 rings (SSSR count). The van der Waals surface area contributed by atoms with E-state index in [0.717, 1.165) is 29.3 Å². The van der Waals surface area contributed by atoms with Gasteiger partial charge in [0, 0.05) is 5.02 Å². The lowest BCUT2D eigenvalue weighted by Gasteiger charge is -2.14. The molecule has 0 radical (unpaired) electrons. The fraction of sp³-hybridized carbons (Fsp3) is 0.136. The summed E-state index contributed by atoms with van der Waals surface area (Å²) in [6, 6.07) is 14.5. The van der Waals surface area contributed by atoms with Crippen molar-refractivity contribution in [1.82, 2.24) is 4.72 Å². The molecule has 3 aromatic carbocycles. The van der Waals surface area contributed by atoms with Crippen LogP contribution >= 0.6 is 11.6 Å². The van der Waals surface area contributed by atoms with Crippen molar-refractivity contribution in [3.05, 3.63) is 94.0 Å². The molecule has 0 aliphatic heterocycles. The third kappa shape index (κ3) is 5.80. The number of nitrogens with one attached hydrogen (secondary N) is 1. The van der Waals surface area contributed by atoms with Crippen molar-refractivity contribution >= 4 is 27.5 Å². The first-order valence-electron chi connectivity index (χ1n) is 9.18. The first-order chi connectivity index (χ1) is 15.0. The molecule has 0 aromatic heterocycles. The zero-order chi connectivity index (χ0) is 23.5. The van der Waals surface area contributed by atoms with Gasteiger partial charge in [-0.2, -0.15) is 13.2 Å². The smallest absolute Gasteiger partial charge is 0.416 e. The van der Waals surface area contributed by atoms with Crippen LogP contribution < -0.4 is 9.46 Å². The zero-order valence-corrected chi connectivity index (χ0v) is 18.2. The Kier molecular flexibility index (Phi) is 6.80. The highest BCUT2D eigenvalue weighted by atomic mass is 35.5. The van der Waals surface area contributed by atoms with Crippen molar-refractivity contribution in [2.24, 2.45) is 0 Å². The molecule has 3 aromatic rings. The molecule has 0 heterocycles. The third-order valence-corrected chi connectivity index (χ3v) is 5.93. The number of hydrogen-bond donors (Lipinski definition) is 1. The molecule has 10 heteroatoms. The summed E-state index contributed by atoms with van der Waals surface area (Å²) in [7, 11) is -4.56. The number of amides is 1. The summed E-state index contributed by atoms with van der Waals surface area (Å²) < 4.78 is 71.3. The highest BCUT2D eigenvalue weighted by Crippen LogP contribution is 2.30. The Labute approximate surface area is 187 Å². The van der Waals surface area contributed by atoms with Gasteiger partial charge in [-0.15, -0.1) is 0 Å². The lowest BCUT2D eigenvalue weighted by molar-refractivity contribution is -0.137. The van der Waals surface area contributed by atoms with Crippen LogP contribution in [0.1, 0.15) is 27.0 Å². The van der Waals surface area contributed by atoms with E-state index >= 15 is 0 Å². The average molecular weight is 484 g/mol. The van der Waals surface area contributed by atoms with Crippen molar-refractivity contribution < 1.29 is 31.1 Å². The number of hydrogen-bond acceptors (Lipinski definition) is 4. The fourth-order valence-corrected chi connectivity index (χ4v) is 4.02. The molecular formula is C22H17ClF3NO4S. The Morgan fingerprint density at radius 3 is 2.44 bits per heavy atom. The number of halogens is 4. The van der Waals surface area contributed by atoms with Crippen molar-refractivity contribution in [3.63, 3.8) is 0 Å². The number of carbonyl (C=O) groups is 1. The van der Waals surface area contributed by atoms with Crippen LogP contribution in [-0.2, 0) is 22.8 Å². The highest BCUT2D eigenvalue weighted by molar-refractivity contribution is 7.90. The second-order valence-electron chi connectivity index (χ2n) is 6.88. The largest absolute Gasteiger partial charge is 0.488 e. The zero-order valence-electron chi connectivity index (χ0n) is 16.6. The molecule has 0 aliphatic rings. The van der Waals surface area contributed by atoms with Gasteiger partial charge in [-0.25, -0.2) is 13.1 Å². The molecule has 32 heavy (non-hydrogen) atoms. The number of aryl methyl sites for hydroxylation is 1. The molecule has 0 fully saturated rings. The minimum Gasteiger partial charge on any atom is -0.488 e. The van der Waals surface area contributed by atoms with Gasteiger partial charge in [0.25, 0.3) is 15.9 Å². The lowest BCUT2D eigenvalue weighted by atomic mass is 10.1. The van der Waals surface area contributed by atoms with Crippen LogP contribution in [0, 0.1) is 6.92 Å². The normalized spacial score (nSPS) is 11.8. The molecule has 5 nitrogen and oxygen atoms in total. The van der Waals surface area contributed by atoms with Crippen LogP contribution in [0.5, 0.6) is 5.75 Å². The number of benzene rings is 3. The van der Waals surface area contributed by atoms with E-state index in [1.165, 1.54) is 6.07 Å². The maximum Gasteiger partial charge on any atom is 0.416 e. The second-order valence-corrected chi connectivity index (χ2v) is 9.00. The van der Waals surface area contributed by atoms with Crippen LogP contribution in [0.4, 0.5) is 13.2 Å². The van der Waals surface area contributed by atoms with E-state index in [0.29, 0.717) is 11.1 Å². The summed E-state index contributed by atoms with van der Waals surface area (Å²) in [5.74, 6) is -0.926. The van der Waals surface area contributed by atoms with Crippen LogP contribution in [-0.4, -0.2) is 14.3 Å². The van der Waals surface area contributed by atoms with E-state index in [9.17, 15) is 26.4 Å². The van der Waals surface area contributed by atoms with Crippen LogP contribution in [0.3, 0.4) is 0 Å². The number of rotatable bonds is 6. The third-order valence-electron chi connectivity index (χ3n) is 4.36. The van der Waals surface area contributed by atoms with Gasteiger partial charge in [0.05, 0.1) is 16.0 Å². The first kappa shape index (κ1) is 23.6. The van der Waals surface area contributed by atoms with Gasteiger partial charge in [-0.1, -0.05) is 35.9 Å². The minimum atomic E-state index is -4.73. The van der Waals surface area contributed by atoms with Gasteiger partial charge >= 0.3 is 6.18 Å². The number of sulfonamides is 1. The van der Waals surface area contributed by atoms with Crippen molar-refractivity contribution in [2.45, 2.75) is 24.6 Å². The Morgan fingerprint density at radius 1 is 1.03 bits per heavy atom. The Bertz CT molecular complexity index is 1260. The lowest BCUT2D eigenvalue weighted by Crippen LogP contribution is -2.31. The summed E-state index contributed by atoms with van der Waals surface area (Å²) in [5, 5.41) is 0.500. The van der Waals surface area contributed by atoms with Crippen LogP contribution in [0.25, 0.3) is 0 Å². The van der Waals surface area contributed by atoms with E-state index in [1.807, 2.05) is 0 Å². The Balaban J connectivity index is 1.84. The quantitative estimate of drug-likeness (QED) is 0.512. The van der Waals surface area contributed by atoms with Crippen LogP contribution in [0.2, 0.25) is 5.02 Å². The number of carbonyl (C=O) groups excluding carboxylic acids is 1. The standard InChI is InChI=1S/C22H17ClF3NO4S/c1-14-8-9-19(20(10-14)31-13-15-4-2-6-17(23)11-15)21(28)27-32(29,30)18-7-3-5-16(12-18)22(24,25)26/h2-12H,13H2,1H3,(H,27,28). The van der Waals surface area contributed by atoms with Crippen molar-refractivity contribution in [1.29, 1.82) is 0 Å².